The number of para-hydroxylation sites is 3. The zero-order valence-corrected chi connectivity index (χ0v) is 29.3. The molecule has 1 heterocycles. The molecule has 246 valence electrons. The third-order valence-electron chi connectivity index (χ3n) is 11.0. The minimum absolute atomic E-state index is 0.517. The summed E-state index contributed by atoms with van der Waals surface area (Å²) in [5, 5.41) is 2.50. The molecule has 0 bridgehead atoms. The number of hydrogen-bond donors (Lipinski definition) is 0. The van der Waals surface area contributed by atoms with E-state index in [0.29, 0.717) is 0 Å². The molecule has 0 N–H and O–H groups in total. The van der Waals surface area contributed by atoms with Gasteiger partial charge in [0.15, 0.2) is 7.14 Å². The number of anilines is 3. The average molecular weight is 684 g/mol. The molecule has 0 atom stereocenters. The Labute approximate surface area is 304 Å². The first-order chi connectivity index (χ1) is 25.7. The number of nitrogens with zero attached hydrogens (tertiary/aromatic N) is 1. The van der Waals surface area contributed by atoms with Crippen LogP contribution in [0.5, 0.6) is 0 Å². The minimum atomic E-state index is -3.09. The molecule has 0 aromatic heterocycles. The number of fused-ring (bicyclic) bond motifs is 9. The van der Waals surface area contributed by atoms with E-state index >= 15 is 4.57 Å². The molecule has 0 saturated carbocycles. The van der Waals surface area contributed by atoms with Gasteiger partial charge in [-0.1, -0.05) is 182 Å². The molecule has 3 heteroatoms. The van der Waals surface area contributed by atoms with Gasteiger partial charge in [0.05, 0.1) is 16.8 Å². The van der Waals surface area contributed by atoms with Crippen molar-refractivity contribution in [1.29, 1.82) is 0 Å². The van der Waals surface area contributed by atoms with Crippen LogP contribution in [0.25, 0.3) is 22.3 Å². The van der Waals surface area contributed by atoms with Crippen LogP contribution in [0, 0.1) is 0 Å². The van der Waals surface area contributed by atoms with Crippen LogP contribution < -0.4 is 20.8 Å². The van der Waals surface area contributed by atoms with E-state index in [1.807, 2.05) is 60.7 Å². The summed E-state index contributed by atoms with van der Waals surface area (Å²) < 4.78 is 15.2. The Balaban J connectivity index is 1.19. The van der Waals surface area contributed by atoms with Crippen LogP contribution in [0.2, 0.25) is 0 Å². The van der Waals surface area contributed by atoms with Crippen molar-refractivity contribution in [2.45, 2.75) is 5.41 Å². The highest BCUT2D eigenvalue weighted by molar-refractivity contribution is 7.85. The summed E-state index contributed by atoms with van der Waals surface area (Å²) in [6.07, 6.45) is 0. The highest BCUT2D eigenvalue weighted by atomic mass is 31.2. The zero-order valence-electron chi connectivity index (χ0n) is 28.4. The molecule has 0 radical (unpaired) electrons. The standard InChI is InChI=1S/C49H34NOP/c51-52(37-19-6-2-7-20-37,38-21-8-3-9-22-38)39-33-31-35(32-34-39)40-24-16-28-45-48(40)41-23-10-11-25-42(41)49(45)43-26-12-14-29-46(43)50(36-17-4-1-5-18-36)47-30-15-13-27-44(47)49/h1-34H. The first-order valence-corrected chi connectivity index (χ1v) is 19.5. The van der Waals surface area contributed by atoms with Crippen LogP contribution in [0.15, 0.2) is 206 Å². The van der Waals surface area contributed by atoms with Gasteiger partial charge in [-0.15, -0.1) is 0 Å². The van der Waals surface area contributed by atoms with Crippen LogP contribution in [-0.4, -0.2) is 0 Å². The van der Waals surface area contributed by atoms with Gasteiger partial charge in [-0.25, -0.2) is 0 Å². The Morgan fingerprint density at radius 3 is 1.40 bits per heavy atom. The second-order valence-electron chi connectivity index (χ2n) is 13.6. The van der Waals surface area contributed by atoms with E-state index in [0.717, 1.165) is 27.2 Å². The van der Waals surface area contributed by atoms with Crippen molar-refractivity contribution in [3.8, 4) is 22.3 Å². The Morgan fingerprint density at radius 2 is 0.808 bits per heavy atom. The van der Waals surface area contributed by atoms with Crippen LogP contribution in [-0.2, 0) is 9.98 Å². The molecule has 0 unspecified atom stereocenters. The van der Waals surface area contributed by atoms with Crippen molar-refractivity contribution in [3.63, 3.8) is 0 Å². The number of benzene rings is 8. The van der Waals surface area contributed by atoms with Gasteiger partial charge in [-0.2, -0.15) is 0 Å². The van der Waals surface area contributed by atoms with Crippen molar-refractivity contribution < 1.29 is 4.57 Å². The van der Waals surface area contributed by atoms with Crippen molar-refractivity contribution in [1.82, 2.24) is 0 Å². The predicted octanol–water partition coefficient (Wildman–Crippen LogP) is 11.1. The second-order valence-corrected chi connectivity index (χ2v) is 16.3. The van der Waals surface area contributed by atoms with Gasteiger partial charge in [0, 0.05) is 21.6 Å². The molecule has 8 aromatic carbocycles. The summed E-state index contributed by atoms with van der Waals surface area (Å²) in [6.45, 7) is 0. The molecular weight excluding hydrogens is 650 g/mol. The highest BCUT2D eigenvalue weighted by Gasteiger charge is 2.52. The van der Waals surface area contributed by atoms with Crippen LogP contribution >= 0.6 is 7.14 Å². The summed E-state index contributed by atoms with van der Waals surface area (Å²) >= 11 is 0. The van der Waals surface area contributed by atoms with Crippen molar-refractivity contribution in [2.24, 2.45) is 0 Å². The molecule has 2 nitrogen and oxygen atoms in total. The van der Waals surface area contributed by atoms with Crippen molar-refractivity contribution >= 4 is 40.1 Å². The van der Waals surface area contributed by atoms with E-state index in [9.17, 15) is 0 Å². The van der Waals surface area contributed by atoms with E-state index in [-0.39, 0.29) is 0 Å². The molecule has 0 fully saturated rings. The molecular formula is C49H34NOP. The molecule has 1 spiro atoms. The summed E-state index contributed by atoms with van der Waals surface area (Å²) in [7, 11) is -3.09. The second kappa shape index (κ2) is 11.9. The van der Waals surface area contributed by atoms with E-state index in [1.165, 1.54) is 50.3 Å². The molecule has 8 aromatic rings. The SMILES string of the molecule is O=P(c1ccccc1)(c1ccccc1)c1ccc(-c2cccc3c2-c2ccccc2C32c3ccccc3N(c3ccccc3)c3ccccc32)cc1. The lowest BCUT2D eigenvalue weighted by Crippen LogP contribution is -2.36. The van der Waals surface area contributed by atoms with E-state index in [4.69, 9.17) is 0 Å². The Hall–Kier alpha value is -6.21. The van der Waals surface area contributed by atoms with Gasteiger partial charge in [0.2, 0.25) is 0 Å². The van der Waals surface area contributed by atoms with Crippen LogP contribution in [0.1, 0.15) is 22.3 Å². The van der Waals surface area contributed by atoms with Gasteiger partial charge in [0.1, 0.15) is 0 Å². The van der Waals surface area contributed by atoms with E-state index in [1.54, 1.807) is 0 Å². The van der Waals surface area contributed by atoms with E-state index in [2.05, 4.69) is 150 Å². The van der Waals surface area contributed by atoms with Gasteiger partial charge in [-0.3, -0.25) is 0 Å². The molecule has 2 aliphatic rings. The maximum atomic E-state index is 15.2. The first kappa shape index (κ1) is 30.6. The fourth-order valence-corrected chi connectivity index (χ4v) is 11.5. The maximum absolute atomic E-state index is 15.2. The molecule has 10 rings (SSSR count). The fourth-order valence-electron chi connectivity index (χ4n) is 8.82. The van der Waals surface area contributed by atoms with Crippen LogP contribution in [0.3, 0.4) is 0 Å². The normalized spacial score (nSPS) is 13.6. The average Bonchev–Trinajstić information content (AvgIpc) is 3.53. The summed E-state index contributed by atoms with van der Waals surface area (Å²) in [5.74, 6) is 0. The third-order valence-corrected chi connectivity index (χ3v) is 14.0. The lowest BCUT2D eigenvalue weighted by molar-refractivity contribution is 0.592. The Morgan fingerprint density at radius 1 is 0.365 bits per heavy atom. The highest BCUT2D eigenvalue weighted by Crippen LogP contribution is 2.64. The van der Waals surface area contributed by atoms with Crippen molar-refractivity contribution in [2.75, 3.05) is 4.90 Å². The monoisotopic (exact) mass is 683 g/mol. The van der Waals surface area contributed by atoms with E-state index < -0.39 is 12.6 Å². The predicted molar refractivity (Wildman–Crippen MR) is 217 cm³/mol. The number of hydrogen-bond acceptors (Lipinski definition) is 2. The van der Waals surface area contributed by atoms with Gasteiger partial charge < -0.3 is 9.46 Å². The summed E-state index contributed by atoms with van der Waals surface area (Å²) in [5.41, 5.74) is 12.9. The lowest BCUT2D eigenvalue weighted by atomic mass is 9.64. The quantitative estimate of drug-likeness (QED) is 0.168. The fraction of sp³-hybridized carbons (Fsp3) is 0.0204. The topological polar surface area (TPSA) is 20.3 Å². The first-order valence-electron chi connectivity index (χ1n) is 17.8. The Kier molecular flexibility index (Phi) is 7.03. The largest absolute Gasteiger partial charge is 0.310 e. The maximum Gasteiger partial charge on any atom is 0.171 e. The van der Waals surface area contributed by atoms with Crippen molar-refractivity contribution in [3.05, 3.63) is 229 Å². The Bertz CT molecular complexity index is 2560. The molecule has 52 heavy (non-hydrogen) atoms. The van der Waals surface area contributed by atoms with Crippen LogP contribution in [0.4, 0.5) is 17.1 Å². The molecule has 1 aliphatic carbocycles. The minimum Gasteiger partial charge on any atom is -0.310 e. The summed E-state index contributed by atoms with van der Waals surface area (Å²) in [6, 6.07) is 72.5. The zero-order chi connectivity index (χ0) is 34.7. The van der Waals surface area contributed by atoms with Gasteiger partial charge in [-0.05, 0) is 68.8 Å². The smallest absolute Gasteiger partial charge is 0.171 e. The van der Waals surface area contributed by atoms with Gasteiger partial charge in [0.25, 0.3) is 0 Å². The number of rotatable bonds is 5. The molecule has 1 aliphatic heterocycles. The lowest BCUT2D eigenvalue weighted by Gasteiger charge is -2.45. The third kappa shape index (κ3) is 4.28. The molecule has 0 saturated heterocycles. The van der Waals surface area contributed by atoms with Gasteiger partial charge >= 0.3 is 0 Å². The molecule has 0 amide bonds. The summed E-state index contributed by atoms with van der Waals surface area (Å²) in [4.78, 5) is 2.41.